The molecule has 6 heteroatoms. The fourth-order valence-electron chi connectivity index (χ4n) is 1.74. The van der Waals surface area contributed by atoms with E-state index in [9.17, 15) is 4.79 Å². The average Bonchev–Trinajstić information content (AvgIpc) is 2.60. The van der Waals surface area contributed by atoms with Crippen LogP contribution >= 0.6 is 11.8 Å². The summed E-state index contributed by atoms with van der Waals surface area (Å²) in [5.41, 5.74) is 0. The van der Waals surface area contributed by atoms with Crippen molar-refractivity contribution in [1.82, 2.24) is 14.8 Å². The minimum atomic E-state index is -0.821. The normalized spacial score (nSPS) is 16.0. The molecule has 16 heavy (non-hydrogen) atoms. The molecule has 0 radical (unpaired) electrons. The van der Waals surface area contributed by atoms with Crippen LogP contribution in [0.3, 0.4) is 0 Å². The molecule has 1 saturated carbocycles. The van der Waals surface area contributed by atoms with Gasteiger partial charge in [0.2, 0.25) is 0 Å². The molecule has 1 heterocycles. The van der Waals surface area contributed by atoms with Gasteiger partial charge in [0.15, 0.2) is 5.16 Å². The predicted molar refractivity (Wildman–Crippen MR) is 60.3 cm³/mol. The number of thioether (sulfide) groups is 1. The zero-order valence-corrected chi connectivity index (χ0v) is 9.82. The SMILES string of the molecule is O=C(O)CSc1nncn1CCC1CCC1. The first kappa shape index (κ1) is 11.4. The number of carboxylic acid groups (broad SMARTS) is 1. The Morgan fingerprint density at radius 3 is 3.06 bits per heavy atom. The number of carboxylic acids is 1. The van der Waals surface area contributed by atoms with E-state index in [0.29, 0.717) is 5.16 Å². The van der Waals surface area contributed by atoms with Gasteiger partial charge in [-0.3, -0.25) is 4.79 Å². The minimum Gasteiger partial charge on any atom is -0.481 e. The Labute approximate surface area is 98.3 Å². The lowest BCUT2D eigenvalue weighted by molar-refractivity contribution is -0.133. The first-order chi connectivity index (χ1) is 7.75. The monoisotopic (exact) mass is 241 g/mol. The van der Waals surface area contributed by atoms with Gasteiger partial charge in [0.05, 0.1) is 5.75 Å². The number of hydrogen-bond donors (Lipinski definition) is 1. The van der Waals surface area contributed by atoms with Crippen molar-refractivity contribution in [2.24, 2.45) is 5.92 Å². The predicted octanol–water partition coefficient (Wildman–Crippen LogP) is 1.65. The van der Waals surface area contributed by atoms with E-state index in [4.69, 9.17) is 5.11 Å². The molecule has 1 N–H and O–H groups in total. The van der Waals surface area contributed by atoms with Gasteiger partial charge in [0, 0.05) is 6.54 Å². The van der Waals surface area contributed by atoms with Crippen LogP contribution in [-0.4, -0.2) is 31.6 Å². The van der Waals surface area contributed by atoms with Gasteiger partial charge in [-0.1, -0.05) is 31.0 Å². The van der Waals surface area contributed by atoms with Crippen LogP contribution in [-0.2, 0) is 11.3 Å². The topological polar surface area (TPSA) is 68.0 Å². The van der Waals surface area contributed by atoms with Gasteiger partial charge in [-0.15, -0.1) is 10.2 Å². The molecule has 0 saturated heterocycles. The number of nitrogens with zero attached hydrogens (tertiary/aromatic N) is 3. The Morgan fingerprint density at radius 2 is 2.44 bits per heavy atom. The molecule has 0 spiro atoms. The highest BCUT2D eigenvalue weighted by Gasteiger charge is 2.17. The Hall–Kier alpha value is -1.04. The summed E-state index contributed by atoms with van der Waals surface area (Å²) in [6.45, 7) is 0.902. The number of carbonyl (C=O) groups is 1. The maximum Gasteiger partial charge on any atom is 0.313 e. The van der Waals surface area contributed by atoms with Crippen molar-refractivity contribution in [3.63, 3.8) is 0 Å². The largest absolute Gasteiger partial charge is 0.481 e. The zero-order valence-electron chi connectivity index (χ0n) is 9.00. The molecule has 1 aromatic heterocycles. The van der Waals surface area contributed by atoms with Crippen molar-refractivity contribution in [2.75, 3.05) is 5.75 Å². The summed E-state index contributed by atoms with van der Waals surface area (Å²) < 4.78 is 1.95. The number of hydrogen-bond acceptors (Lipinski definition) is 4. The Bertz CT molecular complexity index is 363. The number of aromatic nitrogens is 3. The maximum atomic E-state index is 10.4. The summed E-state index contributed by atoms with van der Waals surface area (Å²) in [5, 5.41) is 17.0. The van der Waals surface area contributed by atoms with Gasteiger partial charge in [-0.25, -0.2) is 0 Å². The highest BCUT2D eigenvalue weighted by atomic mass is 32.2. The summed E-state index contributed by atoms with van der Waals surface area (Å²) in [7, 11) is 0. The number of aryl methyl sites for hydroxylation is 1. The molecule has 5 nitrogen and oxygen atoms in total. The van der Waals surface area contributed by atoms with Gasteiger partial charge in [-0.2, -0.15) is 0 Å². The standard InChI is InChI=1S/C10H15N3O2S/c14-9(15)6-16-10-12-11-7-13(10)5-4-8-2-1-3-8/h7-8H,1-6H2,(H,14,15). The Morgan fingerprint density at radius 1 is 1.62 bits per heavy atom. The van der Waals surface area contributed by atoms with Gasteiger partial charge >= 0.3 is 5.97 Å². The van der Waals surface area contributed by atoms with Crippen LogP contribution in [0.5, 0.6) is 0 Å². The van der Waals surface area contributed by atoms with E-state index in [0.717, 1.165) is 18.9 Å². The summed E-state index contributed by atoms with van der Waals surface area (Å²) in [4.78, 5) is 10.4. The van der Waals surface area contributed by atoms with Crippen LogP contribution in [0, 0.1) is 5.92 Å². The molecule has 0 amide bonds. The van der Waals surface area contributed by atoms with E-state index < -0.39 is 5.97 Å². The lowest BCUT2D eigenvalue weighted by atomic mass is 9.83. The quantitative estimate of drug-likeness (QED) is 0.767. The average molecular weight is 241 g/mol. The van der Waals surface area contributed by atoms with Gasteiger partial charge < -0.3 is 9.67 Å². The fourth-order valence-corrected chi connectivity index (χ4v) is 2.40. The minimum absolute atomic E-state index is 0.0438. The van der Waals surface area contributed by atoms with Crippen LogP contribution in [0.2, 0.25) is 0 Å². The van der Waals surface area contributed by atoms with Crippen LogP contribution in [0.25, 0.3) is 0 Å². The molecule has 2 rings (SSSR count). The molecule has 0 atom stereocenters. The summed E-state index contributed by atoms with van der Waals surface area (Å²) in [5.74, 6) is 0.0699. The molecule has 0 aromatic carbocycles. The van der Waals surface area contributed by atoms with E-state index in [1.165, 1.54) is 31.0 Å². The summed E-state index contributed by atoms with van der Waals surface area (Å²) >= 11 is 1.23. The van der Waals surface area contributed by atoms with Crippen LogP contribution in [0.4, 0.5) is 0 Å². The first-order valence-corrected chi connectivity index (χ1v) is 6.46. The van der Waals surface area contributed by atoms with E-state index in [1.54, 1.807) is 6.33 Å². The van der Waals surface area contributed by atoms with E-state index >= 15 is 0 Å². The second-order valence-electron chi connectivity index (χ2n) is 4.07. The van der Waals surface area contributed by atoms with Gasteiger partial charge in [0.25, 0.3) is 0 Å². The molecule has 1 fully saturated rings. The maximum absolute atomic E-state index is 10.4. The van der Waals surface area contributed by atoms with E-state index in [-0.39, 0.29) is 5.75 Å². The highest BCUT2D eigenvalue weighted by molar-refractivity contribution is 7.99. The smallest absolute Gasteiger partial charge is 0.313 e. The van der Waals surface area contributed by atoms with Crippen molar-refractivity contribution < 1.29 is 9.90 Å². The second-order valence-corrected chi connectivity index (χ2v) is 5.02. The molecule has 1 aromatic rings. The van der Waals surface area contributed by atoms with E-state index in [1.807, 2.05) is 4.57 Å². The van der Waals surface area contributed by atoms with Crippen LogP contribution in [0.1, 0.15) is 25.7 Å². The third-order valence-electron chi connectivity index (χ3n) is 2.91. The first-order valence-electron chi connectivity index (χ1n) is 5.48. The fraction of sp³-hybridized carbons (Fsp3) is 0.700. The van der Waals surface area contributed by atoms with Crippen LogP contribution < -0.4 is 0 Å². The van der Waals surface area contributed by atoms with Crippen molar-refractivity contribution in [2.45, 2.75) is 37.4 Å². The molecule has 0 unspecified atom stereocenters. The van der Waals surface area contributed by atoms with Gasteiger partial charge in [-0.05, 0) is 12.3 Å². The van der Waals surface area contributed by atoms with Crippen LogP contribution in [0.15, 0.2) is 11.5 Å². The van der Waals surface area contributed by atoms with Crippen molar-refractivity contribution in [3.05, 3.63) is 6.33 Å². The second kappa shape index (κ2) is 5.34. The van der Waals surface area contributed by atoms with Crippen molar-refractivity contribution in [1.29, 1.82) is 0 Å². The Balaban J connectivity index is 1.82. The summed E-state index contributed by atoms with van der Waals surface area (Å²) in [6.07, 6.45) is 6.86. The lowest BCUT2D eigenvalue weighted by Gasteiger charge is -2.25. The molecule has 88 valence electrons. The van der Waals surface area contributed by atoms with E-state index in [2.05, 4.69) is 10.2 Å². The third-order valence-corrected chi connectivity index (χ3v) is 3.87. The summed E-state index contributed by atoms with van der Waals surface area (Å²) in [6, 6.07) is 0. The van der Waals surface area contributed by atoms with Gasteiger partial charge in [0.1, 0.15) is 6.33 Å². The third kappa shape index (κ3) is 2.98. The van der Waals surface area contributed by atoms with Crippen molar-refractivity contribution >= 4 is 17.7 Å². The molecule has 1 aliphatic carbocycles. The highest BCUT2D eigenvalue weighted by Crippen LogP contribution is 2.30. The zero-order chi connectivity index (χ0) is 11.4. The molecular formula is C10H15N3O2S. The number of rotatable bonds is 6. The molecule has 0 aliphatic heterocycles. The molecular weight excluding hydrogens is 226 g/mol. The van der Waals surface area contributed by atoms with Crippen molar-refractivity contribution in [3.8, 4) is 0 Å². The molecule has 0 bridgehead atoms. The molecule has 1 aliphatic rings. The number of aliphatic carboxylic acids is 1. The Kier molecular flexibility index (Phi) is 3.82. The lowest BCUT2D eigenvalue weighted by Crippen LogP contribution is -2.14.